The highest BCUT2D eigenvalue weighted by Gasteiger charge is 2.38. The molecule has 2 N–H and O–H groups in total. The predicted octanol–water partition coefficient (Wildman–Crippen LogP) is 11.6. The first kappa shape index (κ1) is 29.5. The maximum Gasteiger partial charge on any atom is 0.0740 e. The van der Waals surface area contributed by atoms with E-state index in [1.807, 2.05) is 12.1 Å². The Balaban J connectivity index is 1.17. The number of nitrogens with zero attached hydrogens (tertiary/aromatic N) is 3. The van der Waals surface area contributed by atoms with Crippen molar-refractivity contribution in [1.82, 2.24) is 9.13 Å². The van der Waals surface area contributed by atoms with Gasteiger partial charge in [-0.3, -0.25) is 0 Å². The van der Waals surface area contributed by atoms with E-state index in [9.17, 15) is 0 Å². The van der Waals surface area contributed by atoms with Gasteiger partial charge in [0.1, 0.15) is 0 Å². The maximum atomic E-state index is 6.60. The van der Waals surface area contributed by atoms with Crippen molar-refractivity contribution in [2.24, 2.45) is 0 Å². The monoisotopic (exact) mass is 670 g/mol. The Hall–Kier alpha value is -6.26. The van der Waals surface area contributed by atoms with Gasteiger partial charge in [-0.25, -0.2) is 0 Å². The molecule has 0 saturated carbocycles. The van der Waals surface area contributed by atoms with Crippen LogP contribution in [0.4, 0.5) is 11.4 Å². The van der Waals surface area contributed by atoms with Crippen LogP contribution in [-0.2, 0) is 12.0 Å². The SMILES string of the molecule is CN(c1ccccc1N)C1Cn2c3cc4c(cc3c3cc(-c5ccc6c(c5)c5ccccc5n6-c5ccccc5)cc1c32)-c1ccccc1C4(C)C. The van der Waals surface area contributed by atoms with Crippen LogP contribution in [0.1, 0.15) is 36.6 Å². The summed E-state index contributed by atoms with van der Waals surface area (Å²) >= 11 is 0. The summed E-state index contributed by atoms with van der Waals surface area (Å²) in [6, 6.07) is 53.7. The third kappa shape index (κ3) is 3.87. The third-order valence-electron chi connectivity index (χ3n) is 12.2. The number of fused-ring (bicyclic) bond motifs is 9. The molecule has 0 saturated heterocycles. The number of nitrogens with two attached hydrogens (primary N) is 1. The maximum absolute atomic E-state index is 6.60. The summed E-state index contributed by atoms with van der Waals surface area (Å²) in [5.74, 6) is 0. The molecule has 7 aromatic carbocycles. The molecule has 1 aliphatic heterocycles. The number of anilines is 2. The quantitative estimate of drug-likeness (QED) is 0.189. The van der Waals surface area contributed by atoms with Crippen LogP contribution in [0.3, 0.4) is 0 Å². The lowest BCUT2D eigenvalue weighted by Gasteiger charge is -2.29. The van der Waals surface area contributed by atoms with Gasteiger partial charge in [0.2, 0.25) is 0 Å². The molecule has 0 radical (unpaired) electrons. The number of benzene rings is 7. The molecule has 0 fully saturated rings. The molecule has 9 aromatic rings. The molecule has 0 spiro atoms. The largest absolute Gasteiger partial charge is 0.397 e. The number of aromatic nitrogens is 2. The van der Waals surface area contributed by atoms with Crippen molar-refractivity contribution in [2.45, 2.75) is 31.8 Å². The van der Waals surface area contributed by atoms with Crippen LogP contribution >= 0.6 is 0 Å². The van der Waals surface area contributed by atoms with Gasteiger partial charge in [0, 0.05) is 57.3 Å². The minimum absolute atomic E-state index is 0.0630. The van der Waals surface area contributed by atoms with Crippen LogP contribution in [0.25, 0.3) is 71.6 Å². The summed E-state index contributed by atoms with van der Waals surface area (Å²) in [7, 11) is 2.20. The van der Waals surface area contributed by atoms with Gasteiger partial charge in [0.15, 0.2) is 0 Å². The highest BCUT2D eigenvalue weighted by molar-refractivity contribution is 6.14. The fourth-order valence-electron chi connectivity index (χ4n) is 9.66. The Morgan fingerprint density at radius 1 is 0.596 bits per heavy atom. The van der Waals surface area contributed by atoms with Gasteiger partial charge in [-0.2, -0.15) is 0 Å². The lowest BCUT2D eigenvalue weighted by atomic mass is 9.82. The van der Waals surface area contributed by atoms with Gasteiger partial charge < -0.3 is 19.8 Å². The van der Waals surface area contributed by atoms with Crippen LogP contribution < -0.4 is 10.6 Å². The molecule has 3 heterocycles. The minimum atomic E-state index is -0.0630. The Bertz CT molecular complexity index is 2940. The van der Waals surface area contributed by atoms with Crippen LogP contribution in [0.15, 0.2) is 146 Å². The van der Waals surface area contributed by atoms with Crippen LogP contribution in [0, 0.1) is 0 Å². The predicted molar refractivity (Wildman–Crippen MR) is 219 cm³/mol. The first-order valence-corrected chi connectivity index (χ1v) is 18.3. The van der Waals surface area contributed by atoms with Crippen molar-refractivity contribution >= 4 is 55.0 Å². The molecule has 4 heteroatoms. The average molecular weight is 671 g/mol. The van der Waals surface area contributed by atoms with E-state index in [-0.39, 0.29) is 11.5 Å². The van der Waals surface area contributed by atoms with Gasteiger partial charge in [-0.05, 0) is 100 Å². The molecule has 1 atom stereocenters. The minimum Gasteiger partial charge on any atom is -0.397 e. The van der Waals surface area contributed by atoms with Gasteiger partial charge in [-0.1, -0.05) is 92.7 Å². The highest BCUT2D eigenvalue weighted by Crippen LogP contribution is 2.53. The molecule has 2 aliphatic rings. The average Bonchev–Trinajstić information content (AvgIpc) is 3.88. The second kappa shape index (κ2) is 10.4. The highest BCUT2D eigenvalue weighted by atomic mass is 15.2. The number of likely N-dealkylation sites (N-methyl/N-ethyl adjacent to an activating group) is 1. The smallest absolute Gasteiger partial charge is 0.0740 e. The molecular weight excluding hydrogens is 633 g/mol. The van der Waals surface area contributed by atoms with E-state index in [2.05, 4.69) is 168 Å². The summed E-state index contributed by atoms with van der Waals surface area (Å²) in [6.45, 7) is 5.61. The van der Waals surface area contributed by atoms with E-state index in [0.29, 0.717) is 0 Å². The Kier molecular flexibility index (Phi) is 5.89. The number of hydrogen-bond donors (Lipinski definition) is 1. The first-order valence-electron chi connectivity index (χ1n) is 18.3. The summed E-state index contributed by atoms with van der Waals surface area (Å²) in [6.07, 6.45) is 0. The summed E-state index contributed by atoms with van der Waals surface area (Å²) in [5, 5.41) is 5.17. The molecule has 11 rings (SSSR count). The number of hydrogen-bond acceptors (Lipinski definition) is 2. The second-order valence-electron chi connectivity index (χ2n) is 15.3. The Labute approximate surface area is 303 Å². The van der Waals surface area contributed by atoms with Crippen molar-refractivity contribution in [3.63, 3.8) is 0 Å². The van der Waals surface area contributed by atoms with E-state index in [0.717, 1.165) is 17.9 Å². The topological polar surface area (TPSA) is 39.1 Å². The normalized spacial score (nSPS) is 15.6. The van der Waals surface area contributed by atoms with E-state index in [1.165, 1.54) is 88.2 Å². The van der Waals surface area contributed by atoms with Crippen molar-refractivity contribution in [3.05, 3.63) is 162 Å². The summed E-state index contributed by atoms with van der Waals surface area (Å²) in [4.78, 5) is 2.39. The zero-order valence-electron chi connectivity index (χ0n) is 29.6. The number of rotatable bonds is 4. The zero-order chi connectivity index (χ0) is 34.9. The van der Waals surface area contributed by atoms with Crippen LogP contribution in [0.5, 0.6) is 0 Å². The van der Waals surface area contributed by atoms with Crippen molar-refractivity contribution in [2.75, 3.05) is 17.7 Å². The van der Waals surface area contributed by atoms with E-state index < -0.39 is 0 Å². The Morgan fingerprint density at radius 2 is 1.31 bits per heavy atom. The fourth-order valence-corrected chi connectivity index (χ4v) is 9.66. The Morgan fingerprint density at radius 3 is 2.17 bits per heavy atom. The standard InChI is InChI=1S/C48H38N4/c1-48(2)39-17-9-7-15-32(39)34-26-36-37-24-30(29-21-22-43-35(23-29)33-16-8-11-19-42(33)52(43)31-13-5-4-6-14-31)25-38-46(50(3)44-20-12-10-18-41(44)49)28-51(47(37)38)45(36)27-40(34)48/h4-27,46H,28,49H2,1-3H3. The first-order chi connectivity index (χ1) is 25.4. The van der Waals surface area contributed by atoms with Crippen LogP contribution in [0.2, 0.25) is 0 Å². The molecule has 4 nitrogen and oxygen atoms in total. The fraction of sp³-hybridized carbons (Fsp3) is 0.125. The molecule has 0 bridgehead atoms. The van der Waals surface area contributed by atoms with Crippen molar-refractivity contribution in [3.8, 4) is 27.9 Å². The van der Waals surface area contributed by atoms with Crippen LogP contribution in [-0.4, -0.2) is 16.2 Å². The summed E-state index contributed by atoms with van der Waals surface area (Å²) in [5.41, 5.74) is 24.0. The van der Waals surface area contributed by atoms with Gasteiger partial charge in [0.25, 0.3) is 0 Å². The zero-order valence-corrected chi connectivity index (χ0v) is 29.6. The third-order valence-corrected chi connectivity index (χ3v) is 12.2. The lowest BCUT2D eigenvalue weighted by molar-refractivity contribution is 0.610. The number of nitrogen functional groups attached to an aromatic ring is 1. The second-order valence-corrected chi connectivity index (χ2v) is 15.3. The molecule has 250 valence electrons. The lowest BCUT2D eigenvalue weighted by Crippen LogP contribution is -2.25. The number of para-hydroxylation sites is 4. The van der Waals surface area contributed by atoms with Gasteiger partial charge in [-0.15, -0.1) is 0 Å². The summed E-state index contributed by atoms with van der Waals surface area (Å²) < 4.78 is 4.97. The molecule has 1 unspecified atom stereocenters. The van der Waals surface area contributed by atoms with Crippen molar-refractivity contribution in [1.29, 1.82) is 0 Å². The molecule has 0 amide bonds. The molecular formula is C48H38N4. The molecule has 2 aromatic heterocycles. The van der Waals surface area contributed by atoms with Crippen molar-refractivity contribution < 1.29 is 0 Å². The van der Waals surface area contributed by atoms with E-state index >= 15 is 0 Å². The van der Waals surface area contributed by atoms with Gasteiger partial charge in [0.05, 0.1) is 34.0 Å². The van der Waals surface area contributed by atoms with Gasteiger partial charge >= 0.3 is 0 Å². The molecule has 52 heavy (non-hydrogen) atoms. The van der Waals surface area contributed by atoms with E-state index in [4.69, 9.17) is 5.73 Å². The molecule has 1 aliphatic carbocycles. The van der Waals surface area contributed by atoms with E-state index in [1.54, 1.807) is 0 Å².